The van der Waals surface area contributed by atoms with E-state index in [1.165, 1.54) is 53.3 Å². The summed E-state index contributed by atoms with van der Waals surface area (Å²) in [6, 6.07) is 10.4. The summed E-state index contributed by atoms with van der Waals surface area (Å²) in [6.45, 7) is 2.66. The maximum atomic E-state index is 14.1. The molecule has 2 amide bonds. The smallest absolute Gasteiger partial charge is 0.251 e. The van der Waals surface area contributed by atoms with E-state index < -0.39 is 10.0 Å². The first-order valence-corrected chi connectivity index (χ1v) is 12.8. The quantitative estimate of drug-likeness (QED) is 0.732. The highest BCUT2D eigenvalue weighted by Gasteiger charge is 2.30. The van der Waals surface area contributed by atoms with Gasteiger partial charge >= 0.3 is 0 Å². The van der Waals surface area contributed by atoms with Gasteiger partial charge in [0.1, 0.15) is 5.82 Å². The van der Waals surface area contributed by atoms with Crippen LogP contribution in [0.1, 0.15) is 35.3 Å². The Morgan fingerprint density at radius 3 is 2.41 bits per heavy atom. The molecule has 1 saturated heterocycles. The van der Waals surface area contributed by atoms with Crippen molar-refractivity contribution in [2.45, 2.75) is 29.2 Å². The molecule has 7 nitrogen and oxygen atoms in total. The zero-order valence-electron chi connectivity index (χ0n) is 17.6. The van der Waals surface area contributed by atoms with Crippen molar-refractivity contribution in [3.8, 4) is 0 Å². The van der Waals surface area contributed by atoms with Crippen LogP contribution in [0.2, 0.25) is 0 Å². The molecule has 2 aliphatic heterocycles. The van der Waals surface area contributed by atoms with Crippen LogP contribution in [-0.2, 0) is 14.8 Å². The van der Waals surface area contributed by atoms with Crippen molar-refractivity contribution in [2.75, 3.05) is 31.9 Å². The maximum absolute atomic E-state index is 14.1. The number of hydrogen-bond acceptors (Lipinski definition) is 5. The van der Waals surface area contributed by atoms with Crippen LogP contribution in [0.5, 0.6) is 0 Å². The highest BCUT2D eigenvalue weighted by Crippen LogP contribution is 2.37. The summed E-state index contributed by atoms with van der Waals surface area (Å²) in [4.78, 5) is 26.5. The predicted octanol–water partition coefficient (Wildman–Crippen LogP) is 2.65. The number of nitrogens with zero attached hydrogens (tertiary/aromatic N) is 2. The Morgan fingerprint density at radius 2 is 1.75 bits per heavy atom. The molecular formula is C22H24FN3O4S2. The summed E-state index contributed by atoms with van der Waals surface area (Å²) in [5.74, 6) is 0.00746. The minimum Gasteiger partial charge on any atom is -0.345 e. The van der Waals surface area contributed by atoms with Crippen molar-refractivity contribution in [2.24, 2.45) is 0 Å². The van der Waals surface area contributed by atoms with Gasteiger partial charge in [-0.25, -0.2) is 12.8 Å². The first-order valence-electron chi connectivity index (χ1n) is 10.3. The Morgan fingerprint density at radius 1 is 1.06 bits per heavy atom. The number of fused-ring (bicyclic) bond motifs is 1. The third-order valence-corrected chi connectivity index (χ3v) is 8.84. The van der Waals surface area contributed by atoms with Gasteiger partial charge in [0.15, 0.2) is 0 Å². The van der Waals surface area contributed by atoms with Gasteiger partial charge in [0.2, 0.25) is 15.9 Å². The average molecular weight is 478 g/mol. The van der Waals surface area contributed by atoms with Gasteiger partial charge in [-0.2, -0.15) is 4.31 Å². The molecule has 2 heterocycles. The van der Waals surface area contributed by atoms with Gasteiger partial charge < -0.3 is 10.2 Å². The van der Waals surface area contributed by atoms with E-state index in [0.717, 1.165) is 5.56 Å². The zero-order valence-corrected chi connectivity index (χ0v) is 19.2. The first-order chi connectivity index (χ1) is 15.3. The van der Waals surface area contributed by atoms with E-state index in [-0.39, 0.29) is 41.7 Å². The normalized spacial score (nSPS) is 19.3. The highest BCUT2D eigenvalue weighted by atomic mass is 32.2. The van der Waals surface area contributed by atoms with E-state index in [0.29, 0.717) is 35.7 Å². The summed E-state index contributed by atoms with van der Waals surface area (Å²) in [5, 5.41) is 2.94. The van der Waals surface area contributed by atoms with Crippen molar-refractivity contribution in [1.29, 1.82) is 0 Å². The van der Waals surface area contributed by atoms with E-state index in [1.807, 2.05) is 6.07 Å². The fourth-order valence-electron chi connectivity index (χ4n) is 3.95. The monoisotopic (exact) mass is 477 g/mol. The number of carbonyl (C=O) groups is 2. The molecule has 0 radical (unpaired) electrons. The zero-order chi connectivity index (χ0) is 22.9. The second-order valence-corrected chi connectivity index (χ2v) is 10.8. The fourth-order valence-corrected chi connectivity index (χ4v) is 6.51. The second kappa shape index (κ2) is 9.21. The summed E-state index contributed by atoms with van der Waals surface area (Å²) < 4.78 is 41.2. The number of rotatable bonds is 4. The number of sulfonamides is 1. The number of amides is 2. The predicted molar refractivity (Wildman–Crippen MR) is 119 cm³/mol. The third-order valence-electron chi connectivity index (χ3n) is 5.77. The van der Waals surface area contributed by atoms with Gasteiger partial charge in [0, 0.05) is 49.3 Å². The molecule has 1 fully saturated rings. The molecule has 0 saturated carbocycles. The molecule has 2 aromatic carbocycles. The lowest BCUT2D eigenvalue weighted by molar-refractivity contribution is -0.129. The Labute approximate surface area is 191 Å². The lowest BCUT2D eigenvalue weighted by atomic mass is 10.0. The van der Waals surface area contributed by atoms with Crippen LogP contribution in [-0.4, -0.2) is 61.4 Å². The van der Waals surface area contributed by atoms with Crippen molar-refractivity contribution < 1.29 is 22.4 Å². The molecule has 32 heavy (non-hydrogen) atoms. The Bertz CT molecular complexity index is 1130. The number of nitrogens with one attached hydrogen (secondary N) is 1. The molecule has 0 spiro atoms. The van der Waals surface area contributed by atoms with Gasteiger partial charge in [-0.3, -0.25) is 9.59 Å². The maximum Gasteiger partial charge on any atom is 0.251 e. The average Bonchev–Trinajstić information content (AvgIpc) is 2.80. The van der Waals surface area contributed by atoms with E-state index in [1.54, 1.807) is 11.0 Å². The number of piperazine rings is 1. The summed E-state index contributed by atoms with van der Waals surface area (Å²) in [7, 11) is -3.71. The number of benzene rings is 2. The van der Waals surface area contributed by atoms with Crippen molar-refractivity contribution in [1.82, 2.24) is 14.5 Å². The van der Waals surface area contributed by atoms with Crippen molar-refractivity contribution in [3.05, 3.63) is 59.4 Å². The van der Waals surface area contributed by atoms with E-state index in [2.05, 4.69) is 5.32 Å². The standard InChI is InChI=1S/C22H24FN3O4S2/c1-15(27)25-10-12-26(13-11-25)32(29,30)17-7-5-16(6-8-17)22(28)24-20-9-14-31-21-18(20)3-2-4-19(21)23/h2-8,20H,9-14H2,1H3,(H,24,28)/t20-/m1/s1. The molecule has 0 aliphatic carbocycles. The summed E-state index contributed by atoms with van der Waals surface area (Å²) in [5.41, 5.74) is 1.10. The summed E-state index contributed by atoms with van der Waals surface area (Å²) in [6.07, 6.45) is 0.686. The fraction of sp³-hybridized carbons (Fsp3) is 0.364. The van der Waals surface area contributed by atoms with Crippen LogP contribution in [0, 0.1) is 5.82 Å². The largest absolute Gasteiger partial charge is 0.345 e. The van der Waals surface area contributed by atoms with E-state index in [9.17, 15) is 22.4 Å². The number of hydrogen-bond donors (Lipinski definition) is 1. The summed E-state index contributed by atoms with van der Waals surface area (Å²) >= 11 is 1.44. The Balaban J connectivity index is 1.45. The molecule has 0 unspecified atom stereocenters. The molecule has 1 atom stereocenters. The number of halogens is 1. The molecule has 2 aromatic rings. The molecule has 4 rings (SSSR count). The Kier molecular flexibility index (Phi) is 6.55. The molecule has 1 N–H and O–H groups in total. The lowest BCUT2D eigenvalue weighted by Gasteiger charge is -2.33. The van der Waals surface area contributed by atoms with E-state index >= 15 is 0 Å². The minimum atomic E-state index is -3.71. The van der Waals surface area contributed by atoms with Crippen LogP contribution >= 0.6 is 11.8 Å². The third kappa shape index (κ3) is 4.53. The SMILES string of the molecule is CC(=O)N1CCN(S(=O)(=O)c2ccc(C(=O)N[C@@H]3CCSc4c(F)cccc43)cc2)CC1. The van der Waals surface area contributed by atoms with Crippen LogP contribution in [0.3, 0.4) is 0 Å². The second-order valence-electron chi connectivity index (χ2n) is 7.76. The molecule has 0 aromatic heterocycles. The van der Waals surface area contributed by atoms with Crippen LogP contribution in [0.25, 0.3) is 0 Å². The van der Waals surface area contributed by atoms with E-state index in [4.69, 9.17) is 0 Å². The molecule has 10 heteroatoms. The minimum absolute atomic E-state index is 0.0701. The first kappa shape index (κ1) is 22.8. The van der Waals surface area contributed by atoms with Crippen LogP contribution < -0.4 is 5.32 Å². The van der Waals surface area contributed by atoms with Gasteiger partial charge in [-0.15, -0.1) is 11.8 Å². The number of carbonyl (C=O) groups excluding carboxylic acids is 2. The van der Waals surface area contributed by atoms with Gasteiger partial charge in [0.25, 0.3) is 5.91 Å². The number of thioether (sulfide) groups is 1. The van der Waals surface area contributed by atoms with Crippen molar-refractivity contribution >= 4 is 33.6 Å². The molecule has 2 aliphatic rings. The Hall–Kier alpha value is -2.43. The highest BCUT2D eigenvalue weighted by molar-refractivity contribution is 7.99. The molecular weight excluding hydrogens is 453 g/mol. The van der Waals surface area contributed by atoms with Crippen molar-refractivity contribution in [3.63, 3.8) is 0 Å². The van der Waals surface area contributed by atoms with Crippen LogP contribution in [0.15, 0.2) is 52.3 Å². The van der Waals surface area contributed by atoms with Gasteiger partial charge in [-0.1, -0.05) is 12.1 Å². The van der Waals surface area contributed by atoms with Gasteiger partial charge in [0.05, 0.1) is 10.9 Å². The van der Waals surface area contributed by atoms with Gasteiger partial charge in [-0.05, 0) is 42.3 Å². The van der Waals surface area contributed by atoms with Crippen LogP contribution in [0.4, 0.5) is 4.39 Å². The lowest BCUT2D eigenvalue weighted by Crippen LogP contribution is -2.49. The molecule has 0 bridgehead atoms. The topological polar surface area (TPSA) is 86.8 Å². The molecule has 170 valence electrons.